The maximum Gasteiger partial charge on any atom is 0.257 e. The Labute approximate surface area is 193 Å². The van der Waals surface area contributed by atoms with Gasteiger partial charge in [0, 0.05) is 45.0 Å². The normalized spacial score (nSPS) is 20.5. The number of benzene rings is 2. The minimum atomic E-state index is -0.420. The van der Waals surface area contributed by atoms with Crippen LogP contribution in [0.2, 0.25) is 0 Å². The van der Waals surface area contributed by atoms with Crippen LogP contribution in [-0.4, -0.2) is 70.7 Å². The molecule has 9 nitrogen and oxygen atoms in total. The van der Waals surface area contributed by atoms with Gasteiger partial charge in [-0.05, 0) is 31.3 Å². The van der Waals surface area contributed by atoms with Crippen molar-refractivity contribution in [1.29, 1.82) is 0 Å². The van der Waals surface area contributed by atoms with E-state index in [4.69, 9.17) is 4.74 Å². The second kappa shape index (κ2) is 8.67. The summed E-state index contributed by atoms with van der Waals surface area (Å²) in [5, 5.41) is 9.76. The van der Waals surface area contributed by atoms with Crippen molar-refractivity contribution in [1.82, 2.24) is 15.5 Å². The van der Waals surface area contributed by atoms with Crippen LogP contribution >= 0.6 is 0 Å². The van der Waals surface area contributed by atoms with Crippen molar-refractivity contribution in [2.45, 2.75) is 6.29 Å². The average molecular weight is 448 g/mol. The molecule has 9 heteroatoms. The number of allylic oxidation sites excluding steroid dienone is 1. The average Bonchev–Trinajstić information content (AvgIpc) is 2.95. The van der Waals surface area contributed by atoms with Gasteiger partial charge >= 0.3 is 0 Å². The molecule has 2 aromatic carbocycles. The highest BCUT2D eigenvalue weighted by Crippen LogP contribution is 2.32. The summed E-state index contributed by atoms with van der Waals surface area (Å²) < 4.78 is 5.69. The number of piperazine rings is 1. The molecular weight excluding hydrogens is 418 g/mol. The maximum absolute atomic E-state index is 12.6. The van der Waals surface area contributed by atoms with E-state index >= 15 is 0 Å². The summed E-state index contributed by atoms with van der Waals surface area (Å²) in [6.45, 7) is 4.09. The molecule has 0 aliphatic carbocycles. The number of hydrogen-bond acceptors (Lipinski definition) is 8. The summed E-state index contributed by atoms with van der Waals surface area (Å²) in [4.78, 5) is 23.9. The van der Waals surface area contributed by atoms with Gasteiger partial charge in [0.2, 0.25) is 0 Å². The molecule has 1 saturated heterocycles. The van der Waals surface area contributed by atoms with Crippen LogP contribution in [0, 0.1) is 0 Å². The third-order valence-corrected chi connectivity index (χ3v) is 6.32. The molecule has 3 heterocycles. The van der Waals surface area contributed by atoms with Gasteiger partial charge in [-0.3, -0.25) is 4.79 Å². The van der Waals surface area contributed by atoms with Crippen molar-refractivity contribution in [3.63, 3.8) is 0 Å². The fourth-order valence-corrected chi connectivity index (χ4v) is 4.37. The molecule has 0 bridgehead atoms. The molecule has 3 aliphatic heterocycles. The first kappa shape index (κ1) is 21.1. The van der Waals surface area contributed by atoms with E-state index in [2.05, 4.69) is 49.9 Å². The Morgan fingerprint density at radius 1 is 1.09 bits per heavy atom. The zero-order valence-corrected chi connectivity index (χ0v) is 19.1. The number of methoxy groups -OCH3 is 1. The van der Waals surface area contributed by atoms with E-state index in [0.29, 0.717) is 11.3 Å². The van der Waals surface area contributed by atoms with Gasteiger partial charge in [0.15, 0.2) is 6.29 Å². The molecule has 0 spiro atoms. The number of hydrogen-bond donors (Lipinski definition) is 3. The van der Waals surface area contributed by atoms with Gasteiger partial charge in [-0.1, -0.05) is 12.1 Å². The summed E-state index contributed by atoms with van der Waals surface area (Å²) in [6, 6.07) is 13.7. The largest absolute Gasteiger partial charge is 0.495 e. The van der Waals surface area contributed by atoms with E-state index in [1.54, 1.807) is 13.3 Å². The molecule has 1 atom stereocenters. The quantitative estimate of drug-likeness (QED) is 0.660. The van der Waals surface area contributed by atoms with E-state index in [1.165, 1.54) is 0 Å². The Hall–Kier alpha value is -3.72. The lowest BCUT2D eigenvalue weighted by molar-refractivity contribution is 0.0969. The lowest BCUT2D eigenvalue weighted by atomic mass is 10.1. The minimum Gasteiger partial charge on any atom is -0.495 e. The molecule has 0 radical (unpaired) electrons. The molecule has 3 N–H and O–H groups in total. The van der Waals surface area contributed by atoms with Crippen molar-refractivity contribution in [3.05, 3.63) is 59.5 Å². The molecule has 0 aromatic heterocycles. The van der Waals surface area contributed by atoms with Gasteiger partial charge in [0.05, 0.1) is 30.3 Å². The highest BCUT2D eigenvalue weighted by molar-refractivity contribution is 6.05. The van der Waals surface area contributed by atoms with Crippen molar-refractivity contribution in [2.75, 3.05) is 62.5 Å². The van der Waals surface area contributed by atoms with Gasteiger partial charge in [-0.15, -0.1) is 0 Å². The fraction of sp³-hybridized carbons (Fsp3) is 0.333. The minimum absolute atomic E-state index is 0.150. The number of ether oxygens (including phenoxy) is 1. The first-order chi connectivity index (χ1) is 16.0. The molecule has 2 aromatic rings. The number of nitrogens with zero attached hydrogens (tertiary/aromatic N) is 4. The number of carbonyl (C=O) groups excluding carboxylic acids is 1. The highest BCUT2D eigenvalue weighted by atomic mass is 16.5. The van der Waals surface area contributed by atoms with Crippen LogP contribution in [0.3, 0.4) is 0 Å². The molecule has 33 heavy (non-hydrogen) atoms. The lowest BCUT2D eigenvalue weighted by Gasteiger charge is -2.34. The van der Waals surface area contributed by atoms with E-state index in [9.17, 15) is 4.79 Å². The second-order valence-corrected chi connectivity index (χ2v) is 8.44. The molecule has 1 fully saturated rings. The first-order valence-electron chi connectivity index (χ1n) is 11.1. The Bertz CT molecular complexity index is 1120. The van der Waals surface area contributed by atoms with E-state index in [-0.39, 0.29) is 5.91 Å². The van der Waals surface area contributed by atoms with Crippen molar-refractivity contribution in [2.24, 2.45) is 4.99 Å². The Kier molecular flexibility index (Phi) is 5.55. The topological polar surface area (TPSA) is 84.5 Å². The monoisotopic (exact) mass is 447 g/mol. The van der Waals surface area contributed by atoms with E-state index in [0.717, 1.165) is 54.8 Å². The molecule has 3 aliphatic rings. The standard InChI is InChI=1S/C24H29N7O2/c1-29-10-12-31(13-11-29)16-8-9-18(21(14-16)33-3)27-24-25-15-19-22(28-24)30(2)20-7-5-4-6-17(20)23(32)26-19/h4-9,14-15,24,27-28H,10-13H2,1-3H3,(H,26,32). The van der Waals surface area contributed by atoms with Crippen LogP contribution < -0.4 is 30.5 Å². The number of nitrogens with one attached hydrogen (secondary N) is 3. The summed E-state index contributed by atoms with van der Waals surface area (Å²) in [6.07, 6.45) is 1.27. The number of rotatable bonds is 4. The van der Waals surface area contributed by atoms with Crippen LogP contribution in [0.1, 0.15) is 10.4 Å². The van der Waals surface area contributed by atoms with Crippen LogP contribution in [0.25, 0.3) is 0 Å². The van der Waals surface area contributed by atoms with E-state index in [1.807, 2.05) is 42.3 Å². The Balaban J connectivity index is 1.34. The number of anilines is 3. The maximum atomic E-state index is 12.6. The summed E-state index contributed by atoms with van der Waals surface area (Å²) in [5.41, 5.74) is 4.08. The third-order valence-electron chi connectivity index (χ3n) is 6.32. The fourth-order valence-electron chi connectivity index (χ4n) is 4.37. The number of amides is 1. The summed E-state index contributed by atoms with van der Waals surface area (Å²) in [7, 11) is 5.76. The second-order valence-electron chi connectivity index (χ2n) is 8.44. The zero-order chi connectivity index (χ0) is 22.9. The number of likely N-dealkylation sites (N-methyl/N-ethyl adjacent to an activating group) is 1. The lowest BCUT2D eigenvalue weighted by Crippen LogP contribution is -2.45. The van der Waals surface area contributed by atoms with Crippen molar-refractivity contribution < 1.29 is 9.53 Å². The number of para-hydroxylation sites is 1. The smallest absolute Gasteiger partial charge is 0.257 e. The molecule has 1 amide bonds. The Morgan fingerprint density at radius 3 is 2.67 bits per heavy atom. The van der Waals surface area contributed by atoms with Crippen LogP contribution in [0.4, 0.5) is 17.1 Å². The van der Waals surface area contributed by atoms with Gasteiger partial charge in [-0.25, -0.2) is 4.99 Å². The number of aliphatic imine (C=N–C) groups is 1. The molecule has 5 rings (SSSR count). The Morgan fingerprint density at radius 2 is 1.88 bits per heavy atom. The highest BCUT2D eigenvalue weighted by Gasteiger charge is 2.28. The van der Waals surface area contributed by atoms with E-state index < -0.39 is 6.29 Å². The van der Waals surface area contributed by atoms with Crippen molar-refractivity contribution in [3.8, 4) is 5.75 Å². The predicted molar refractivity (Wildman–Crippen MR) is 131 cm³/mol. The first-order valence-corrected chi connectivity index (χ1v) is 11.1. The third kappa shape index (κ3) is 4.07. The molecule has 172 valence electrons. The van der Waals surface area contributed by atoms with Gasteiger partial charge < -0.3 is 35.4 Å². The van der Waals surface area contributed by atoms with Crippen LogP contribution in [0.15, 0.2) is 59.0 Å². The van der Waals surface area contributed by atoms with Gasteiger partial charge in [0.25, 0.3) is 5.91 Å². The van der Waals surface area contributed by atoms with Crippen molar-refractivity contribution >= 4 is 29.2 Å². The number of fused-ring (bicyclic) bond motifs is 1. The summed E-state index contributed by atoms with van der Waals surface area (Å²) in [5.74, 6) is 1.38. The van der Waals surface area contributed by atoms with Gasteiger partial charge in [0.1, 0.15) is 17.3 Å². The number of carbonyl (C=O) groups is 1. The summed E-state index contributed by atoms with van der Waals surface area (Å²) >= 11 is 0. The van der Waals surface area contributed by atoms with Crippen LogP contribution in [0.5, 0.6) is 5.75 Å². The predicted octanol–water partition coefficient (Wildman–Crippen LogP) is 1.87. The molecule has 0 saturated carbocycles. The molecular formula is C24H29N7O2. The van der Waals surface area contributed by atoms with Gasteiger partial charge in [-0.2, -0.15) is 0 Å². The SMILES string of the molecule is COc1cc(N2CCN(C)CC2)ccc1NC1N=CC2=C(N1)N(C)c1ccccc1C(=O)N2. The van der Waals surface area contributed by atoms with Crippen LogP contribution in [-0.2, 0) is 0 Å². The zero-order valence-electron chi connectivity index (χ0n) is 19.1. The molecule has 1 unspecified atom stereocenters.